The summed E-state index contributed by atoms with van der Waals surface area (Å²) in [5, 5.41) is 0. The molecule has 0 N–H and O–H groups in total. The Morgan fingerprint density at radius 2 is 1.65 bits per heavy atom. The Hall–Kier alpha value is -1.85. The molecule has 0 unspecified atom stereocenters. The number of allylic oxidation sites excluding steroid dienone is 1. The summed E-state index contributed by atoms with van der Waals surface area (Å²) in [4.78, 5) is 35.1. The normalized spacial score (nSPS) is 12.8. The topological polar surface area (TPSA) is 78.9 Å². The second-order valence-electron chi connectivity index (χ2n) is 4.43. The lowest BCUT2D eigenvalue weighted by molar-refractivity contribution is -0.178. The van der Waals surface area contributed by atoms with Crippen LogP contribution >= 0.6 is 0 Å². The minimum Gasteiger partial charge on any atom is -0.468 e. The minimum absolute atomic E-state index is 0.602. The van der Waals surface area contributed by atoms with E-state index in [0.717, 1.165) is 27.1 Å². The maximum Gasteiger partial charge on any atom is 0.327 e. The third kappa shape index (κ3) is 4.36. The first kappa shape index (κ1) is 18.1. The van der Waals surface area contributed by atoms with Crippen molar-refractivity contribution in [1.29, 1.82) is 0 Å². The van der Waals surface area contributed by atoms with Gasteiger partial charge in [0.25, 0.3) is 0 Å². The molecule has 0 aliphatic rings. The molecule has 0 aliphatic heterocycles. The fraction of sp³-hybridized carbons (Fsp3) is 0.643. The second kappa shape index (κ2) is 8.35. The van der Waals surface area contributed by atoms with Gasteiger partial charge in [-0.05, 0) is 19.4 Å². The van der Waals surface area contributed by atoms with Crippen molar-refractivity contribution in [3.05, 3.63) is 12.2 Å². The Morgan fingerprint density at radius 3 is 2.00 bits per heavy atom. The standard InChI is InChI=1S/C14H22O6/c1-6-7-8-9-11(20-10(2)15)14(3,12(16)18-4)13(17)19-5/h8-9,11H,6-7H2,1-5H3/b9-8+/t11-/m1/s1. The maximum absolute atomic E-state index is 11.9. The van der Waals surface area contributed by atoms with Gasteiger partial charge < -0.3 is 14.2 Å². The first-order valence-electron chi connectivity index (χ1n) is 6.35. The number of rotatable bonds is 7. The number of carbonyl (C=O) groups is 3. The molecule has 6 nitrogen and oxygen atoms in total. The maximum atomic E-state index is 11.9. The Morgan fingerprint density at radius 1 is 1.15 bits per heavy atom. The van der Waals surface area contributed by atoms with Crippen molar-refractivity contribution in [1.82, 2.24) is 0 Å². The molecule has 0 heterocycles. The van der Waals surface area contributed by atoms with Crippen molar-refractivity contribution < 1.29 is 28.6 Å². The van der Waals surface area contributed by atoms with E-state index in [4.69, 9.17) is 4.74 Å². The quantitative estimate of drug-likeness (QED) is 0.306. The summed E-state index contributed by atoms with van der Waals surface area (Å²) < 4.78 is 14.4. The summed E-state index contributed by atoms with van der Waals surface area (Å²) in [5.74, 6) is -2.25. The SMILES string of the molecule is CCC/C=C/[C@@H](OC(C)=O)C(C)(C(=O)OC)C(=O)OC. The molecule has 0 saturated carbocycles. The van der Waals surface area contributed by atoms with Crippen molar-refractivity contribution in [2.45, 2.75) is 39.7 Å². The molecular formula is C14H22O6. The lowest BCUT2D eigenvalue weighted by Crippen LogP contribution is -2.48. The molecule has 20 heavy (non-hydrogen) atoms. The Bertz CT molecular complexity index is 369. The van der Waals surface area contributed by atoms with Crippen molar-refractivity contribution in [3.8, 4) is 0 Å². The largest absolute Gasteiger partial charge is 0.468 e. The fourth-order valence-electron chi connectivity index (χ4n) is 1.65. The molecule has 0 aliphatic carbocycles. The molecule has 0 aromatic rings. The Balaban J connectivity index is 5.55. The molecule has 0 saturated heterocycles. The van der Waals surface area contributed by atoms with Gasteiger partial charge >= 0.3 is 17.9 Å². The first-order valence-corrected chi connectivity index (χ1v) is 6.35. The fourth-order valence-corrected chi connectivity index (χ4v) is 1.65. The van der Waals surface area contributed by atoms with E-state index in [1.54, 1.807) is 6.08 Å². The van der Waals surface area contributed by atoms with Crippen LogP contribution in [0.25, 0.3) is 0 Å². The van der Waals surface area contributed by atoms with Gasteiger partial charge in [0.15, 0.2) is 0 Å². The van der Waals surface area contributed by atoms with E-state index < -0.39 is 29.4 Å². The molecule has 6 heteroatoms. The highest BCUT2D eigenvalue weighted by Crippen LogP contribution is 2.29. The van der Waals surface area contributed by atoms with Crippen molar-refractivity contribution in [2.75, 3.05) is 14.2 Å². The molecular weight excluding hydrogens is 264 g/mol. The number of ether oxygens (including phenoxy) is 3. The van der Waals surface area contributed by atoms with E-state index in [-0.39, 0.29) is 0 Å². The molecule has 0 amide bonds. The van der Waals surface area contributed by atoms with Crippen LogP contribution in [0.3, 0.4) is 0 Å². The van der Waals surface area contributed by atoms with E-state index >= 15 is 0 Å². The van der Waals surface area contributed by atoms with Gasteiger partial charge in [-0.3, -0.25) is 14.4 Å². The predicted molar refractivity (Wildman–Crippen MR) is 71.7 cm³/mol. The lowest BCUT2D eigenvalue weighted by atomic mass is 9.83. The smallest absolute Gasteiger partial charge is 0.327 e. The lowest BCUT2D eigenvalue weighted by Gasteiger charge is -2.29. The van der Waals surface area contributed by atoms with Crippen LogP contribution < -0.4 is 0 Å². The van der Waals surface area contributed by atoms with Gasteiger partial charge in [0.05, 0.1) is 14.2 Å². The van der Waals surface area contributed by atoms with Gasteiger partial charge in [-0.2, -0.15) is 0 Å². The molecule has 0 aromatic heterocycles. The summed E-state index contributed by atoms with van der Waals surface area (Å²) in [6, 6.07) is 0. The van der Waals surface area contributed by atoms with Crippen LogP contribution in [0.2, 0.25) is 0 Å². The molecule has 114 valence electrons. The third-order valence-electron chi connectivity index (χ3n) is 2.85. The van der Waals surface area contributed by atoms with Crippen LogP contribution in [-0.4, -0.2) is 38.2 Å². The van der Waals surface area contributed by atoms with Crippen LogP contribution in [-0.2, 0) is 28.6 Å². The highest BCUT2D eigenvalue weighted by Gasteiger charge is 2.51. The number of methoxy groups -OCH3 is 2. The van der Waals surface area contributed by atoms with Gasteiger partial charge in [-0.15, -0.1) is 0 Å². The number of carbonyl (C=O) groups excluding carboxylic acids is 3. The number of unbranched alkanes of at least 4 members (excludes halogenated alkanes) is 1. The zero-order valence-corrected chi connectivity index (χ0v) is 12.6. The van der Waals surface area contributed by atoms with Gasteiger partial charge in [0.2, 0.25) is 5.41 Å². The third-order valence-corrected chi connectivity index (χ3v) is 2.85. The second-order valence-corrected chi connectivity index (χ2v) is 4.43. The zero-order valence-electron chi connectivity index (χ0n) is 12.6. The van der Waals surface area contributed by atoms with E-state index in [1.165, 1.54) is 19.9 Å². The highest BCUT2D eigenvalue weighted by atomic mass is 16.6. The van der Waals surface area contributed by atoms with E-state index in [9.17, 15) is 14.4 Å². The first-order chi connectivity index (χ1) is 9.34. The zero-order chi connectivity index (χ0) is 15.8. The van der Waals surface area contributed by atoms with Crippen LogP contribution in [0, 0.1) is 5.41 Å². The number of esters is 3. The average Bonchev–Trinajstić information content (AvgIpc) is 2.43. The molecule has 0 rings (SSSR count). The van der Waals surface area contributed by atoms with Crippen LogP contribution in [0.4, 0.5) is 0 Å². The van der Waals surface area contributed by atoms with Crippen LogP contribution in [0.15, 0.2) is 12.2 Å². The monoisotopic (exact) mass is 286 g/mol. The minimum atomic E-state index is -1.74. The van der Waals surface area contributed by atoms with Crippen molar-refractivity contribution in [2.24, 2.45) is 5.41 Å². The van der Waals surface area contributed by atoms with Crippen molar-refractivity contribution >= 4 is 17.9 Å². The number of hydrogen-bond donors (Lipinski definition) is 0. The summed E-state index contributed by atoms with van der Waals surface area (Å²) in [5.41, 5.74) is -1.74. The van der Waals surface area contributed by atoms with E-state index in [1.807, 2.05) is 6.92 Å². The average molecular weight is 286 g/mol. The Kier molecular flexibility index (Phi) is 7.57. The summed E-state index contributed by atoms with van der Waals surface area (Å²) in [6.45, 7) is 4.51. The predicted octanol–water partition coefficient (Wildman–Crippen LogP) is 1.63. The van der Waals surface area contributed by atoms with E-state index in [2.05, 4.69) is 9.47 Å². The van der Waals surface area contributed by atoms with Crippen LogP contribution in [0.5, 0.6) is 0 Å². The van der Waals surface area contributed by atoms with E-state index in [0.29, 0.717) is 0 Å². The van der Waals surface area contributed by atoms with Gasteiger partial charge in [-0.1, -0.05) is 19.4 Å². The molecule has 0 radical (unpaired) electrons. The number of hydrogen-bond acceptors (Lipinski definition) is 6. The van der Waals surface area contributed by atoms with Gasteiger partial charge in [0, 0.05) is 6.92 Å². The molecule has 1 atom stereocenters. The molecule has 0 bridgehead atoms. The highest BCUT2D eigenvalue weighted by molar-refractivity contribution is 6.00. The summed E-state index contributed by atoms with van der Waals surface area (Å²) in [6.07, 6.45) is 3.80. The molecule has 0 aromatic carbocycles. The summed E-state index contributed by atoms with van der Waals surface area (Å²) in [7, 11) is 2.31. The van der Waals surface area contributed by atoms with Gasteiger partial charge in [0.1, 0.15) is 6.10 Å². The van der Waals surface area contributed by atoms with Crippen LogP contribution in [0.1, 0.15) is 33.6 Å². The summed E-state index contributed by atoms with van der Waals surface area (Å²) >= 11 is 0. The molecule has 0 fully saturated rings. The van der Waals surface area contributed by atoms with Gasteiger partial charge in [-0.25, -0.2) is 0 Å². The van der Waals surface area contributed by atoms with Crippen molar-refractivity contribution in [3.63, 3.8) is 0 Å². The Labute approximate surface area is 119 Å². The molecule has 0 spiro atoms.